The second kappa shape index (κ2) is 6.91. The summed E-state index contributed by atoms with van der Waals surface area (Å²) in [5, 5.41) is 2.64. The van der Waals surface area contributed by atoms with Crippen molar-refractivity contribution in [3.8, 4) is 0 Å². The average Bonchev–Trinajstić information content (AvgIpc) is 2.59. The van der Waals surface area contributed by atoms with Crippen molar-refractivity contribution in [1.82, 2.24) is 9.55 Å². The second-order valence-electron chi connectivity index (χ2n) is 5.45. The standard InChI is InChI=1S/C19H17N3O2/c1-14-7-2-3-8-15(14)13-22-12-6-9-16(19(22)24)18(23)21-17-10-4-5-11-20-17/h2-12H,13H2,1H3,(H,20,21,23). The molecular formula is C19H17N3O2. The van der Waals surface area contributed by atoms with Gasteiger partial charge in [0.05, 0.1) is 6.54 Å². The lowest BCUT2D eigenvalue weighted by molar-refractivity contribution is 0.102. The van der Waals surface area contributed by atoms with Gasteiger partial charge in [0.2, 0.25) is 0 Å². The molecular weight excluding hydrogens is 302 g/mol. The molecule has 0 aliphatic rings. The van der Waals surface area contributed by atoms with Crippen LogP contribution in [0.2, 0.25) is 0 Å². The fourth-order valence-electron chi connectivity index (χ4n) is 2.43. The zero-order chi connectivity index (χ0) is 16.9. The molecule has 0 spiro atoms. The number of aryl methyl sites for hydroxylation is 1. The van der Waals surface area contributed by atoms with Crippen molar-refractivity contribution in [3.05, 3.63) is 94.0 Å². The Kier molecular flexibility index (Phi) is 4.52. The molecule has 0 saturated heterocycles. The molecule has 0 bridgehead atoms. The molecule has 1 aromatic carbocycles. The molecule has 0 aliphatic carbocycles. The first-order chi connectivity index (χ1) is 11.6. The van der Waals surface area contributed by atoms with Crippen LogP contribution in [0.1, 0.15) is 21.5 Å². The number of nitrogens with one attached hydrogen (secondary N) is 1. The predicted molar refractivity (Wildman–Crippen MR) is 93.2 cm³/mol. The zero-order valence-electron chi connectivity index (χ0n) is 13.3. The molecule has 24 heavy (non-hydrogen) atoms. The Labute approximate surface area is 139 Å². The van der Waals surface area contributed by atoms with E-state index in [1.165, 1.54) is 10.6 Å². The summed E-state index contributed by atoms with van der Waals surface area (Å²) in [4.78, 5) is 29.0. The lowest BCUT2D eigenvalue weighted by Crippen LogP contribution is -2.29. The van der Waals surface area contributed by atoms with Crippen LogP contribution in [-0.4, -0.2) is 15.5 Å². The molecule has 0 radical (unpaired) electrons. The fourth-order valence-corrected chi connectivity index (χ4v) is 2.43. The van der Waals surface area contributed by atoms with Crippen LogP contribution in [0.3, 0.4) is 0 Å². The number of anilines is 1. The maximum absolute atomic E-state index is 12.6. The number of carbonyl (C=O) groups excluding carboxylic acids is 1. The number of aromatic nitrogens is 2. The summed E-state index contributed by atoms with van der Waals surface area (Å²) < 4.78 is 1.54. The van der Waals surface area contributed by atoms with Crippen molar-refractivity contribution < 1.29 is 4.79 Å². The van der Waals surface area contributed by atoms with E-state index in [0.29, 0.717) is 12.4 Å². The number of benzene rings is 1. The van der Waals surface area contributed by atoms with Gasteiger partial charge in [0, 0.05) is 12.4 Å². The third-order valence-corrected chi connectivity index (χ3v) is 3.77. The highest BCUT2D eigenvalue weighted by molar-refractivity contribution is 6.03. The van der Waals surface area contributed by atoms with Gasteiger partial charge in [0.1, 0.15) is 11.4 Å². The average molecular weight is 319 g/mol. The number of pyridine rings is 2. The van der Waals surface area contributed by atoms with Crippen LogP contribution >= 0.6 is 0 Å². The van der Waals surface area contributed by atoms with E-state index in [1.54, 1.807) is 36.7 Å². The Bertz CT molecular complexity index is 917. The van der Waals surface area contributed by atoms with Crippen LogP contribution < -0.4 is 10.9 Å². The van der Waals surface area contributed by atoms with E-state index >= 15 is 0 Å². The normalized spacial score (nSPS) is 10.4. The van der Waals surface area contributed by atoms with Gasteiger partial charge in [-0.15, -0.1) is 0 Å². The molecule has 2 heterocycles. The van der Waals surface area contributed by atoms with Gasteiger partial charge in [-0.25, -0.2) is 4.98 Å². The molecule has 2 aromatic heterocycles. The number of amides is 1. The summed E-state index contributed by atoms with van der Waals surface area (Å²) in [5.74, 6) is -0.0472. The SMILES string of the molecule is Cc1ccccc1Cn1cccc(C(=O)Nc2ccccn2)c1=O. The monoisotopic (exact) mass is 319 g/mol. The predicted octanol–water partition coefficient (Wildman–Crippen LogP) is 2.85. The minimum absolute atomic E-state index is 0.0942. The zero-order valence-corrected chi connectivity index (χ0v) is 13.3. The second-order valence-corrected chi connectivity index (χ2v) is 5.45. The van der Waals surface area contributed by atoms with E-state index in [4.69, 9.17) is 0 Å². The van der Waals surface area contributed by atoms with Gasteiger partial charge in [-0.05, 0) is 42.3 Å². The Balaban J connectivity index is 1.87. The van der Waals surface area contributed by atoms with E-state index < -0.39 is 5.91 Å². The topological polar surface area (TPSA) is 64.0 Å². The summed E-state index contributed by atoms with van der Waals surface area (Å²) in [6.07, 6.45) is 3.27. The summed E-state index contributed by atoms with van der Waals surface area (Å²) in [6.45, 7) is 2.42. The van der Waals surface area contributed by atoms with Crippen molar-refractivity contribution in [2.75, 3.05) is 5.32 Å². The number of nitrogens with zero attached hydrogens (tertiary/aromatic N) is 2. The van der Waals surface area contributed by atoms with E-state index in [2.05, 4.69) is 10.3 Å². The maximum atomic E-state index is 12.6. The first-order valence-electron chi connectivity index (χ1n) is 7.61. The van der Waals surface area contributed by atoms with Gasteiger partial charge in [-0.2, -0.15) is 0 Å². The lowest BCUT2D eigenvalue weighted by atomic mass is 10.1. The highest BCUT2D eigenvalue weighted by Crippen LogP contribution is 2.09. The van der Waals surface area contributed by atoms with Gasteiger partial charge >= 0.3 is 0 Å². The third-order valence-electron chi connectivity index (χ3n) is 3.77. The Hall–Kier alpha value is -3.21. The van der Waals surface area contributed by atoms with Crippen molar-refractivity contribution in [1.29, 1.82) is 0 Å². The molecule has 5 heteroatoms. The van der Waals surface area contributed by atoms with Crippen molar-refractivity contribution in [2.24, 2.45) is 0 Å². The Morgan fingerprint density at radius 3 is 2.62 bits per heavy atom. The summed E-state index contributed by atoms with van der Waals surface area (Å²) in [7, 11) is 0. The Morgan fingerprint density at radius 2 is 1.88 bits per heavy atom. The van der Waals surface area contributed by atoms with Crippen molar-refractivity contribution in [3.63, 3.8) is 0 Å². The Morgan fingerprint density at radius 1 is 1.08 bits per heavy atom. The molecule has 0 unspecified atom stereocenters. The molecule has 0 aliphatic heterocycles. The van der Waals surface area contributed by atoms with Crippen molar-refractivity contribution in [2.45, 2.75) is 13.5 Å². The largest absolute Gasteiger partial charge is 0.310 e. The molecule has 3 aromatic rings. The number of carbonyl (C=O) groups is 1. The molecule has 5 nitrogen and oxygen atoms in total. The van der Waals surface area contributed by atoms with Gasteiger partial charge in [0.25, 0.3) is 11.5 Å². The van der Waals surface area contributed by atoms with Crippen LogP contribution in [0.25, 0.3) is 0 Å². The van der Waals surface area contributed by atoms with E-state index in [9.17, 15) is 9.59 Å². The minimum Gasteiger partial charge on any atom is -0.310 e. The van der Waals surface area contributed by atoms with Gasteiger partial charge in [0.15, 0.2) is 0 Å². The fraction of sp³-hybridized carbons (Fsp3) is 0.105. The van der Waals surface area contributed by atoms with Gasteiger partial charge < -0.3 is 9.88 Å². The molecule has 120 valence electrons. The summed E-state index contributed by atoms with van der Waals surface area (Å²) in [6, 6.07) is 16.3. The first-order valence-corrected chi connectivity index (χ1v) is 7.61. The molecule has 0 saturated carbocycles. The van der Waals surface area contributed by atoms with Gasteiger partial charge in [-0.3, -0.25) is 9.59 Å². The van der Waals surface area contributed by atoms with Gasteiger partial charge in [-0.1, -0.05) is 30.3 Å². The molecule has 0 atom stereocenters. The number of hydrogen-bond donors (Lipinski definition) is 1. The van der Waals surface area contributed by atoms with Crippen LogP contribution in [0.4, 0.5) is 5.82 Å². The summed E-state index contributed by atoms with van der Waals surface area (Å²) in [5.41, 5.74) is 1.92. The van der Waals surface area contributed by atoms with Crippen LogP contribution in [-0.2, 0) is 6.54 Å². The minimum atomic E-state index is -0.460. The smallest absolute Gasteiger partial charge is 0.263 e. The third kappa shape index (κ3) is 3.41. The molecule has 1 N–H and O–H groups in total. The number of rotatable bonds is 4. The van der Waals surface area contributed by atoms with E-state index in [-0.39, 0.29) is 11.1 Å². The quantitative estimate of drug-likeness (QED) is 0.804. The molecule has 1 amide bonds. The van der Waals surface area contributed by atoms with Crippen LogP contribution in [0, 0.1) is 6.92 Å². The maximum Gasteiger partial charge on any atom is 0.263 e. The van der Waals surface area contributed by atoms with Crippen LogP contribution in [0.5, 0.6) is 0 Å². The van der Waals surface area contributed by atoms with Crippen LogP contribution in [0.15, 0.2) is 71.8 Å². The van der Waals surface area contributed by atoms with E-state index in [1.807, 2.05) is 31.2 Å². The summed E-state index contributed by atoms with van der Waals surface area (Å²) >= 11 is 0. The highest BCUT2D eigenvalue weighted by Gasteiger charge is 2.13. The number of hydrogen-bond acceptors (Lipinski definition) is 3. The first kappa shape index (κ1) is 15.7. The highest BCUT2D eigenvalue weighted by atomic mass is 16.2. The molecule has 3 rings (SSSR count). The molecule has 0 fully saturated rings. The lowest BCUT2D eigenvalue weighted by Gasteiger charge is -2.10. The van der Waals surface area contributed by atoms with E-state index in [0.717, 1.165) is 11.1 Å². The van der Waals surface area contributed by atoms with Crippen molar-refractivity contribution >= 4 is 11.7 Å².